The number of sulfonamides is 1. The van der Waals surface area contributed by atoms with E-state index in [-0.39, 0.29) is 10.5 Å². The SMILES string of the molecule is Cc1ccc(C(=O)O)cc1S(=O)(=O)NC#N. The quantitative estimate of drug-likeness (QED) is 0.589. The van der Waals surface area contributed by atoms with Gasteiger partial charge in [-0.25, -0.2) is 17.9 Å². The van der Waals surface area contributed by atoms with Crippen molar-refractivity contribution in [1.29, 1.82) is 5.26 Å². The Bertz CT molecular complexity index is 572. The molecule has 7 heteroatoms. The summed E-state index contributed by atoms with van der Waals surface area (Å²) in [5.74, 6) is -1.23. The van der Waals surface area contributed by atoms with Crippen molar-refractivity contribution in [2.75, 3.05) is 0 Å². The molecule has 0 radical (unpaired) electrons. The molecule has 0 atom stereocenters. The minimum absolute atomic E-state index is 0.149. The number of carbonyl (C=O) groups is 1. The minimum Gasteiger partial charge on any atom is -0.478 e. The van der Waals surface area contributed by atoms with Crippen molar-refractivity contribution in [2.24, 2.45) is 0 Å². The van der Waals surface area contributed by atoms with Crippen LogP contribution < -0.4 is 4.72 Å². The molecule has 0 bridgehead atoms. The topological polar surface area (TPSA) is 107 Å². The Morgan fingerprint density at radius 3 is 2.62 bits per heavy atom. The number of nitriles is 1. The van der Waals surface area contributed by atoms with Crippen LogP contribution in [0.4, 0.5) is 0 Å². The zero-order chi connectivity index (χ0) is 12.3. The van der Waals surface area contributed by atoms with E-state index in [1.165, 1.54) is 25.2 Å². The van der Waals surface area contributed by atoms with Gasteiger partial charge in [-0.3, -0.25) is 0 Å². The third-order valence-corrected chi connectivity index (χ3v) is 3.28. The number of rotatable bonds is 3. The third-order valence-electron chi connectivity index (χ3n) is 1.90. The van der Waals surface area contributed by atoms with Crippen molar-refractivity contribution in [3.05, 3.63) is 29.3 Å². The van der Waals surface area contributed by atoms with Crippen LogP contribution in [0.25, 0.3) is 0 Å². The Kier molecular flexibility index (Phi) is 3.15. The van der Waals surface area contributed by atoms with Crippen molar-refractivity contribution in [3.8, 4) is 6.19 Å². The summed E-state index contributed by atoms with van der Waals surface area (Å²) in [7, 11) is -3.97. The van der Waals surface area contributed by atoms with Gasteiger partial charge in [0.1, 0.15) is 0 Å². The maximum atomic E-state index is 11.5. The highest BCUT2D eigenvalue weighted by atomic mass is 32.2. The van der Waals surface area contributed by atoms with E-state index >= 15 is 0 Å². The van der Waals surface area contributed by atoms with Crippen molar-refractivity contribution >= 4 is 16.0 Å². The lowest BCUT2D eigenvalue weighted by atomic mass is 10.1. The van der Waals surface area contributed by atoms with Gasteiger partial charge in [0.25, 0.3) is 10.0 Å². The molecule has 84 valence electrons. The van der Waals surface area contributed by atoms with Crippen LogP contribution in [0.3, 0.4) is 0 Å². The van der Waals surface area contributed by atoms with Crippen LogP contribution in [-0.4, -0.2) is 19.5 Å². The smallest absolute Gasteiger partial charge is 0.335 e. The highest BCUT2D eigenvalue weighted by molar-refractivity contribution is 7.89. The molecule has 0 spiro atoms. The third kappa shape index (κ3) is 2.29. The molecular weight excluding hydrogens is 232 g/mol. The van der Waals surface area contributed by atoms with Crippen molar-refractivity contribution in [1.82, 2.24) is 4.72 Å². The van der Waals surface area contributed by atoms with Crippen LogP contribution in [0.1, 0.15) is 15.9 Å². The first-order valence-electron chi connectivity index (χ1n) is 4.13. The number of carboxylic acids is 1. The summed E-state index contributed by atoms with van der Waals surface area (Å²) < 4.78 is 24.6. The van der Waals surface area contributed by atoms with Gasteiger partial charge in [-0.2, -0.15) is 5.26 Å². The van der Waals surface area contributed by atoms with Gasteiger partial charge < -0.3 is 5.11 Å². The maximum absolute atomic E-state index is 11.5. The van der Waals surface area contributed by atoms with Crippen molar-refractivity contribution in [3.63, 3.8) is 0 Å². The normalized spacial score (nSPS) is 10.5. The van der Waals surface area contributed by atoms with Crippen LogP contribution >= 0.6 is 0 Å². The van der Waals surface area contributed by atoms with Crippen LogP contribution in [0, 0.1) is 18.4 Å². The number of nitrogens with one attached hydrogen (secondary N) is 1. The van der Waals surface area contributed by atoms with E-state index in [2.05, 4.69) is 0 Å². The molecule has 0 heterocycles. The molecule has 1 aromatic carbocycles. The predicted octanol–water partition coefficient (Wildman–Crippen LogP) is 0.453. The Morgan fingerprint density at radius 1 is 1.50 bits per heavy atom. The molecule has 0 fully saturated rings. The second kappa shape index (κ2) is 4.20. The Hall–Kier alpha value is -2.07. The molecule has 0 amide bonds. The van der Waals surface area contributed by atoms with E-state index in [4.69, 9.17) is 10.4 Å². The average molecular weight is 240 g/mol. The zero-order valence-corrected chi connectivity index (χ0v) is 9.08. The van der Waals surface area contributed by atoms with E-state index in [1.807, 2.05) is 0 Å². The average Bonchev–Trinajstić information content (AvgIpc) is 2.17. The van der Waals surface area contributed by atoms with Gasteiger partial charge in [-0.1, -0.05) is 6.07 Å². The molecular formula is C9H8N2O4S. The Labute approximate surface area is 92.2 Å². The molecule has 16 heavy (non-hydrogen) atoms. The van der Waals surface area contributed by atoms with Crippen LogP contribution in [0.2, 0.25) is 0 Å². The highest BCUT2D eigenvalue weighted by Gasteiger charge is 2.18. The molecule has 0 saturated heterocycles. The fourth-order valence-corrected chi connectivity index (χ4v) is 2.14. The van der Waals surface area contributed by atoms with Gasteiger partial charge in [-0.05, 0) is 24.6 Å². The molecule has 1 aromatic rings. The lowest BCUT2D eigenvalue weighted by Crippen LogP contribution is -2.19. The Balaban J connectivity index is 3.40. The molecule has 0 aliphatic rings. The minimum atomic E-state index is -3.97. The first-order valence-corrected chi connectivity index (χ1v) is 5.61. The fraction of sp³-hybridized carbons (Fsp3) is 0.111. The molecule has 1 rings (SSSR count). The predicted molar refractivity (Wildman–Crippen MR) is 54.1 cm³/mol. The first kappa shape index (κ1) is 12.0. The summed E-state index contributed by atoms with van der Waals surface area (Å²) in [6, 6.07) is 3.68. The summed E-state index contributed by atoms with van der Waals surface area (Å²) in [4.78, 5) is 10.5. The summed E-state index contributed by atoms with van der Waals surface area (Å²) in [6.45, 7) is 1.51. The van der Waals surface area contributed by atoms with Crippen LogP contribution in [0.5, 0.6) is 0 Å². The van der Waals surface area contributed by atoms with E-state index < -0.39 is 16.0 Å². The van der Waals surface area contributed by atoms with Crippen LogP contribution in [-0.2, 0) is 10.0 Å². The molecule has 0 unspecified atom stereocenters. The Morgan fingerprint density at radius 2 is 2.12 bits per heavy atom. The monoisotopic (exact) mass is 240 g/mol. The van der Waals surface area contributed by atoms with Crippen LogP contribution in [0.15, 0.2) is 23.1 Å². The number of nitrogens with zero attached hydrogens (tertiary/aromatic N) is 1. The van der Waals surface area contributed by atoms with Crippen molar-refractivity contribution < 1.29 is 18.3 Å². The number of aryl methyl sites for hydroxylation is 1. The highest BCUT2D eigenvalue weighted by Crippen LogP contribution is 2.16. The largest absolute Gasteiger partial charge is 0.478 e. The zero-order valence-electron chi connectivity index (χ0n) is 8.26. The van der Waals surface area contributed by atoms with E-state index in [9.17, 15) is 13.2 Å². The molecule has 6 nitrogen and oxygen atoms in total. The summed E-state index contributed by atoms with van der Waals surface area (Å²) in [6.07, 6.45) is 1.30. The number of benzene rings is 1. The lowest BCUT2D eigenvalue weighted by molar-refractivity contribution is 0.0696. The van der Waals surface area contributed by atoms with Gasteiger partial charge in [-0.15, -0.1) is 0 Å². The van der Waals surface area contributed by atoms with Gasteiger partial charge in [0, 0.05) is 0 Å². The summed E-state index contributed by atoms with van der Waals surface area (Å²) >= 11 is 0. The molecule has 2 N–H and O–H groups in total. The second-order valence-corrected chi connectivity index (χ2v) is 4.65. The molecule has 0 aliphatic carbocycles. The van der Waals surface area contributed by atoms with Gasteiger partial charge in [0.05, 0.1) is 10.5 Å². The molecule has 0 aromatic heterocycles. The molecule has 0 saturated carbocycles. The lowest BCUT2D eigenvalue weighted by Gasteiger charge is -2.06. The van der Waals surface area contributed by atoms with Crippen molar-refractivity contribution in [2.45, 2.75) is 11.8 Å². The van der Waals surface area contributed by atoms with E-state index in [0.717, 1.165) is 6.07 Å². The number of carboxylic acid groups (broad SMARTS) is 1. The first-order chi connectivity index (χ1) is 7.38. The fourth-order valence-electron chi connectivity index (χ4n) is 1.14. The summed E-state index contributed by atoms with van der Waals surface area (Å²) in [5.41, 5.74) is 0.219. The summed E-state index contributed by atoms with van der Waals surface area (Å²) in [5, 5.41) is 17.0. The molecule has 0 aliphatic heterocycles. The number of hydrogen-bond donors (Lipinski definition) is 2. The number of aromatic carboxylic acids is 1. The second-order valence-electron chi connectivity index (χ2n) is 3.00. The van der Waals surface area contributed by atoms with E-state index in [0.29, 0.717) is 5.56 Å². The standard InChI is InChI=1S/C9H8N2O4S/c1-6-2-3-7(9(12)13)4-8(6)16(14,15)11-5-10/h2-4,11H,1H3,(H,12,13). The van der Waals surface area contributed by atoms with Gasteiger partial charge in [0.2, 0.25) is 0 Å². The number of hydrogen-bond acceptors (Lipinski definition) is 4. The maximum Gasteiger partial charge on any atom is 0.335 e. The van der Waals surface area contributed by atoms with Gasteiger partial charge in [0.15, 0.2) is 6.19 Å². The van der Waals surface area contributed by atoms with E-state index in [1.54, 1.807) is 4.72 Å². The van der Waals surface area contributed by atoms with Gasteiger partial charge >= 0.3 is 5.97 Å².